The number of ether oxygens (including phenoxy) is 1. The van der Waals surface area contributed by atoms with E-state index in [1.54, 1.807) is 48.5 Å². The highest BCUT2D eigenvalue weighted by atomic mass is 35.5. The Morgan fingerprint density at radius 1 is 0.885 bits per heavy atom. The van der Waals surface area contributed by atoms with Gasteiger partial charge in [0, 0.05) is 18.5 Å². The second kappa shape index (κ2) is 10.1. The molecule has 0 unspecified atom stereocenters. The number of esters is 1. The third-order valence-electron chi connectivity index (χ3n) is 4.48. The summed E-state index contributed by atoms with van der Waals surface area (Å²) < 4.78 is 5.38. The number of hydrogen-bond acceptors (Lipinski definition) is 4. The Balaban J connectivity index is 0.00000243. The van der Waals surface area contributed by atoms with Crippen LogP contribution >= 0.6 is 12.4 Å². The van der Waals surface area contributed by atoms with Crippen molar-refractivity contribution in [2.24, 2.45) is 0 Å². The number of nitrogens with zero attached hydrogens (tertiary/aromatic N) is 1. The lowest BCUT2D eigenvalue weighted by Gasteiger charge is -2.25. The lowest BCUT2D eigenvalue weighted by molar-refractivity contribution is 0.0733. The first-order chi connectivity index (χ1) is 12.2. The van der Waals surface area contributed by atoms with Crippen molar-refractivity contribution in [2.45, 2.75) is 25.7 Å². The second-order valence-corrected chi connectivity index (χ2v) is 6.36. The molecule has 1 aliphatic heterocycles. The summed E-state index contributed by atoms with van der Waals surface area (Å²) in [6.07, 6.45) is 4.23. The summed E-state index contributed by atoms with van der Waals surface area (Å²) in [5, 5.41) is 0. The van der Waals surface area contributed by atoms with E-state index in [2.05, 4.69) is 4.90 Å². The van der Waals surface area contributed by atoms with Gasteiger partial charge >= 0.3 is 5.97 Å². The molecule has 2 aromatic rings. The SMILES string of the molecule is Cl.O=C(CCN1CCCCC1)c1cccc(OC(=O)c2ccccc2)c1. The second-order valence-electron chi connectivity index (χ2n) is 6.36. The Kier molecular flexibility index (Phi) is 7.82. The van der Waals surface area contributed by atoms with E-state index in [0.29, 0.717) is 23.3 Å². The first-order valence-electron chi connectivity index (χ1n) is 8.85. The monoisotopic (exact) mass is 373 g/mol. The number of carbonyl (C=O) groups is 2. The van der Waals surface area contributed by atoms with E-state index in [0.717, 1.165) is 19.6 Å². The highest BCUT2D eigenvalue weighted by molar-refractivity contribution is 5.97. The van der Waals surface area contributed by atoms with Crippen LogP contribution in [0.5, 0.6) is 5.75 Å². The van der Waals surface area contributed by atoms with Crippen molar-refractivity contribution < 1.29 is 14.3 Å². The number of Topliss-reactive ketones (excluding diaryl/α,β-unsaturated/α-hetero) is 1. The van der Waals surface area contributed by atoms with E-state index in [1.807, 2.05) is 6.07 Å². The summed E-state index contributed by atoms with van der Waals surface area (Å²) in [5.74, 6) is 0.0689. The number of carbonyl (C=O) groups excluding carboxylic acids is 2. The van der Waals surface area contributed by atoms with Crippen molar-refractivity contribution in [3.05, 3.63) is 65.7 Å². The quantitative estimate of drug-likeness (QED) is 0.428. The lowest BCUT2D eigenvalue weighted by atomic mass is 10.1. The van der Waals surface area contributed by atoms with Crippen LogP contribution in [0.1, 0.15) is 46.4 Å². The van der Waals surface area contributed by atoms with Gasteiger partial charge in [0.1, 0.15) is 5.75 Å². The molecule has 0 saturated carbocycles. The maximum Gasteiger partial charge on any atom is 0.343 e. The molecule has 26 heavy (non-hydrogen) atoms. The molecule has 0 N–H and O–H groups in total. The molecule has 1 aliphatic rings. The summed E-state index contributed by atoms with van der Waals surface area (Å²) in [5.41, 5.74) is 1.08. The average Bonchev–Trinajstić information content (AvgIpc) is 2.68. The van der Waals surface area contributed by atoms with Crippen LogP contribution in [0.2, 0.25) is 0 Å². The van der Waals surface area contributed by atoms with Crippen LogP contribution in [0.3, 0.4) is 0 Å². The van der Waals surface area contributed by atoms with E-state index >= 15 is 0 Å². The minimum Gasteiger partial charge on any atom is -0.423 e. The highest BCUT2D eigenvalue weighted by Crippen LogP contribution is 2.17. The van der Waals surface area contributed by atoms with Crippen molar-refractivity contribution in [2.75, 3.05) is 19.6 Å². The molecule has 3 rings (SSSR count). The van der Waals surface area contributed by atoms with Crippen molar-refractivity contribution in [3.63, 3.8) is 0 Å². The van der Waals surface area contributed by atoms with Gasteiger partial charge in [-0.3, -0.25) is 4.79 Å². The van der Waals surface area contributed by atoms with Crippen LogP contribution in [0, 0.1) is 0 Å². The third-order valence-corrected chi connectivity index (χ3v) is 4.48. The molecule has 1 heterocycles. The van der Waals surface area contributed by atoms with Gasteiger partial charge in [-0.1, -0.05) is 36.8 Å². The topological polar surface area (TPSA) is 46.6 Å². The van der Waals surface area contributed by atoms with Crippen molar-refractivity contribution >= 4 is 24.2 Å². The van der Waals surface area contributed by atoms with Gasteiger partial charge in [0.15, 0.2) is 5.78 Å². The fraction of sp³-hybridized carbons (Fsp3) is 0.333. The molecule has 0 spiro atoms. The molecule has 0 radical (unpaired) electrons. The van der Waals surface area contributed by atoms with Crippen molar-refractivity contribution in [3.8, 4) is 5.75 Å². The Morgan fingerprint density at radius 3 is 2.31 bits per heavy atom. The zero-order valence-corrected chi connectivity index (χ0v) is 15.5. The maximum atomic E-state index is 12.4. The average molecular weight is 374 g/mol. The number of benzene rings is 2. The fourth-order valence-electron chi connectivity index (χ4n) is 3.06. The molecule has 1 saturated heterocycles. The molecule has 0 aromatic heterocycles. The Labute approximate surface area is 160 Å². The fourth-order valence-corrected chi connectivity index (χ4v) is 3.06. The Morgan fingerprint density at radius 2 is 1.58 bits per heavy atom. The van der Waals surface area contributed by atoms with Crippen LogP contribution in [0.4, 0.5) is 0 Å². The normalized spacial score (nSPS) is 14.3. The summed E-state index contributed by atoms with van der Waals surface area (Å²) in [6.45, 7) is 2.97. The van der Waals surface area contributed by atoms with E-state index in [1.165, 1.54) is 19.3 Å². The van der Waals surface area contributed by atoms with Gasteiger partial charge < -0.3 is 9.64 Å². The van der Waals surface area contributed by atoms with Crippen LogP contribution in [0.25, 0.3) is 0 Å². The summed E-state index contributed by atoms with van der Waals surface area (Å²) in [7, 11) is 0. The zero-order chi connectivity index (χ0) is 17.5. The van der Waals surface area contributed by atoms with Crippen LogP contribution in [-0.2, 0) is 0 Å². The number of piperidine rings is 1. The highest BCUT2D eigenvalue weighted by Gasteiger charge is 2.14. The van der Waals surface area contributed by atoms with Crippen LogP contribution in [0.15, 0.2) is 54.6 Å². The maximum absolute atomic E-state index is 12.4. The van der Waals surface area contributed by atoms with Gasteiger partial charge in [0.05, 0.1) is 5.56 Å². The summed E-state index contributed by atoms with van der Waals surface area (Å²) in [4.78, 5) is 26.9. The number of ketones is 1. The molecule has 1 fully saturated rings. The molecular formula is C21H24ClNO3. The van der Waals surface area contributed by atoms with Gasteiger partial charge in [-0.25, -0.2) is 4.79 Å². The van der Waals surface area contributed by atoms with Crippen molar-refractivity contribution in [1.29, 1.82) is 0 Å². The van der Waals surface area contributed by atoms with Gasteiger partial charge in [0.2, 0.25) is 0 Å². The Hall–Kier alpha value is -2.17. The predicted octanol–water partition coefficient (Wildman–Crippen LogP) is 4.39. The molecule has 5 heteroatoms. The Bertz CT molecular complexity index is 727. The summed E-state index contributed by atoms with van der Waals surface area (Å²) in [6, 6.07) is 15.7. The van der Waals surface area contributed by atoms with Crippen LogP contribution < -0.4 is 4.74 Å². The van der Waals surface area contributed by atoms with E-state index in [9.17, 15) is 9.59 Å². The number of halogens is 1. The van der Waals surface area contributed by atoms with Crippen molar-refractivity contribution in [1.82, 2.24) is 4.90 Å². The van der Waals surface area contributed by atoms with Gasteiger partial charge in [0.25, 0.3) is 0 Å². The minimum absolute atomic E-state index is 0. The minimum atomic E-state index is -0.418. The molecule has 0 amide bonds. The van der Waals surface area contributed by atoms with Gasteiger partial charge in [-0.05, 0) is 50.2 Å². The molecule has 0 atom stereocenters. The van der Waals surface area contributed by atoms with E-state index in [4.69, 9.17) is 4.74 Å². The standard InChI is InChI=1S/C21H23NO3.ClH/c23-20(12-15-22-13-5-2-6-14-22)18-10-7-11-19(16-18)25-21(24)17-8-3-1-4-9-17;/h1,3-4,7-11,16H,2,5-6,12-15H2;1H. The molecule has 2 aromatic carbocycles. The third kappa shape index (κ3) is 5.68. The zero-order valence-electron chi connectivity index (χ0n) is 14.7. The smallest absolute Gasteiger partial charge is 0.343 e. The number of rotatable bonds is 6. The molecule has 138 valence electrons. The summed E-state index contributed by atoms with van der Waals surface area (Å²) >= 11 is 0. The first kappa shape index (κ1) is 20.1. The molecular weight excluding hydrogens is 350 g/mol. The molecule has 0 aliphatic carbocycles. The number of hydrogen-bond donors (Lipinski definition) is 0. The lowest BCUT2D eigenvalue weighted by Crippen LogP contribution is -2.31. The van der Waals surface area contributed by atoms with E-state index in [-0.39, 0.29) is 18.2 Å². The largest absolute Gasteiger partial charge is 0.423 e. The molecule has 0 bridgehead atoms. The van der Waals surface area contributed by atoms with E-state index < -0.39 is 5.97 Å². The van der Waals surface area contributed by atoms with Gasteiger partial charge in [-0.2, -0.15) is 0 Å². The predicted molar refractivity (Wildman–Crippen MR) is 104 cm³/mol. The number of likely N-dealkylation sites (tertiary alicyclic amines) is 1. The first-order valence-corrected chi connectivity index (χ1v) is 8.85. The molecule has 4 nitrogen and oxygen atoms in total. The van der Waals surface area contributed by atoms with Crippen LogP contribution in [-0.4, -0.2) is 36.3 Å². The van der Waals surface area contributed by atoms with Gasteiger partial charge in [-0.15, -0.1) is 12.4 Å².